The van der Waals surface area contributed by atoms with Crippen molar-refractivity contribution in [3.05, 3.63) is 54.1 Å². The Hall–Kier alpha value is -3.07. The summed E-state index contributed by atoms with van der Waals surface area (Å²) in [5.41, 5.74) is 1.12. The average Bonchev–Trinajstić information content (AvgIpc) is 2.78. The minimum atomic E-state index is -3.61. The lowest BCUT2D eigenvalue weighted by atomic mass is 9.95. The highest BCUT2D eigenvalue weighted by molar-refractivity contribution is 7.92. The van der Waals surface area contributed by atoms with Crippen molar-refractivity contribution in [1.29, 1.82) is 0 Å². The second kappa shape index (κ2) is 9.20. The summed E-state index contributed by atoms with van der Waals surface area (Å²) in [6, 6.07) is 13.6. The first-order valence-corrected chi connectivity index (χ1v) is 12.6. The predicted octanol–water partition coefficient (Wildman–Crippen LogP) is 2.91. The lowest BCUT2D eigenvalue weighted by molar-refractivity contribution is -0.122. The van der Waals surface area contributed by atoms with Crippen LogP contribution in [0.5, 0.6) is 5.75 Å². The van der Waals surface area contributed by atoms with Crippen LogP contribution in [0.2, 0.25) is 0 Å². The first-order chi connectivity index (χ1) is 15.3. The molecular weight excluding hydrogens is 430 g/mol. The Bertz CT molecular complexity index is 1110. The fraction of sp³-hybridized carbons (Fsp3) is 0.391. The Morgan fingerprint density at radius 2 is 1.69 bits per heavy atom. The number of anilines is 2. The van der Waals surface area contributed by atoms with Crippen molar-refractivity contribution >= 4 is 33.2 Å². The number of sulfonamides is 1. The molecule has 0 spiro atoms. The molecule has 0 aromatic heterocycles. The van der Waals surface area contributed by atoms with Gasteiger partial charge in [-0.3, -0.25) is 13.9 Å². The van der Waals surface area contributed by atoms with E-state index in [1.807, 2.05) is 0 Å². The van der Waals surface area contributed by atoms with Gasteiger partial charge in [0.25, 0.3) is 11.8 Å². The van der Waals surface area contributed by atoms with Crippen molar-refractivity contribution in [1.82, 2.24) is 5.32 Å². The molecular formula is C23H27N3O5S. The third-order valence-corrected chi connectivity index (χ3v) is 6.94. The van der Waals surface area contributed by atoms with E-state index in [4.69, 9.17) is 4.74 Å². The van der Waals surface area contributed by atoms with E-state index in [1.165, 1.54) is 6.42 Å². The van der Waals surface area contributed by atoms with Crippen LogP contribution < -0.4 is 19.7 Å². The van der Waals surface area contributed by atoms with E-state index in [0.29, 0.717) is 22.7 Å². The van der Waals surface area contributed by atoms with Crippen molar-refractivity contribution in [2.45, 2.75) is 44.2 Å². The van der Waals surface area contributed by atoms with Crippen molar-refractivity contribution in [2.75, 3.05) is 22.4 Å². The lowest BCUT2D eigenvalue weighted by Gasteiger charge is -2.34. The molecule has 9 heteroatoms. The number of carbonyl (C=O) groups excluding carboxylic acids is 2. The molecule has 8 nitrogen and oxygen atoms in total. The summed E-state index contributed by atoms with van der Waals surface area (Å²) in [6.45, 7) is -0.155. The maximum absolute atomic E-state index is 13.0. The molecule has 32 heavy (non-hydrogen) atoms. The summed E-state index contributed by atoms with van der Waals surface area (Å²) in [5.74, 6) is -0.445. The van der Waals surface area contributed by atoms with Gasteiger partial charge in [0.15, 0.2) is 6.10 Å². The first-order valence-electron chi connectivity index (χ1n) is 10.8. The quantitative estimate of drug-likeness (QED) is 0.718. The largest absolute Gasteiger partial charge is 0.476 e. The van der Waals surface area contributed by atoms with E-state index in [1.54, 1.807) is 48.5 Å². The predicted molar refractivity (Wildman–Crippen MR) is 122 cm³/mol. The number of carbonyl (C=O) groups is 2. The van der Waals surface area contributed by atoms with E-state index in [2.05, 4.69) is 10.6 Å². The molecule has 2 amide bonds. The third-order valence-electron chi connectivity index (χ3n) is 5.80. The van der Waals surface area contributed by atoms with Gasteiger partial charge in [-0.1, -0.05) is 43.5 Å². The Labute approximate surface area is 188 Å². The maximum atomic E-state index is 13.0. The Balaban J connectivity index is 1.51. The molecule has 1 heterocycles. The van der Waals surface area contributed by atoms with E-state index in [-0.39, 0.29) is 18.5 Å². The summed E-state index contributed by atoms with van der Waals surface area (Å²) in [6.07, 6.45) is 5.33. The van der Waals surface area contributed by atoms with Crippen LogP contribution in [0.15, 0.2) is 48.5 Å². The zero-order chi connectivity index (χ0) is 22.7. The molecule has 1 atom stereocenters. The standard InChI is InChI=1S/C23H27N3O5S/c1-32(29,30)26-15-21(31-20-14-8-7-13-19(20)26)23(28)25-18-12-6-5-11-17(18)22(27)24-16-9-3-2-4-10-16/h5-8,11-14,16,21H,2-4,9-10,15H2,1H3,(H,24,27)(H,25,28)/t21-/m0/s1. The van der Waals surface area contributed by atoms with Gasteiger partial charge in [-0.05, 0) is 37.1 Å². The van der Waals surface area contributed by atoms with Gasteiger partial charge >= 0.3 is 0 Å². The van der Waals surface area contributed by atoms with Crippen LogP contribution in [-0.4, -0.2) is 45.2 Å². The average molecular weight is 458 g/mol. The molecule has 4 rings (SSSR count). The van der Waals surface area contributed by atoms with Gasteiger partial charge < -0.3 is 15.4 Å². The summed E-state index contributed by atoms with van der Waals surface area (Å²) >= 11 is 0. The number of para-hydroxylation sites is 3. The molecule has 2 aromatic carbocycles. The number of ether oxygens (including phenoxy) is 1. The molecule has 0 saturated heterocycles. The topological polar surface area (TPSA) is 105 Å². The van der Waals surface area contributed by atoms with Gasteiger partial charge in [0.1, 0.15) is 5.75 Å². The van der Waals surface area contributed by atoms with Crippen molar-refractivity contribution in [3.8, 4) is 5.75 Å². The molecule has 1 saturated carbocycles. The number of benzene rings is 2. The number of nitrogens with zero attached hydrogens (tertiary/aromatic N) is 1. The molecule has 1 aliphatic carbocycles. The van der Waals surface area contributed by atoms with Crippen LogP contribution in [0, 0.1) is 0 Å². The normalized spacial score (nSPS) is 18.9. The van der Waals surface area contributed by atoms with Crippen molar-refractivity contribution in [2.24, 2.45) is 0 Å². The van der Waals surface area contributed by atoms with Gasteiger partial charge in [-0.25, -0.2) is 8.42 Å². The van der Waals surface area contributed by atoms with Crippen LogP contribution in [0.1, 0.15) is 42.5 Å². The highest BCUT2D eigenvalue weighted by atomic mass is 32.2. The minimum absolute atomic E-state index is 0.140. The first kappa shape index (κ1) is 22.1. The SMILES string of the molecule is CS(=O)(=O)N1C[C@@H](C(=O)Nc2ccccc2C(=O)NC2CCCCC2)Oc2ccccc21. The van der Waals surface area contributed by atoms with E-state index >= 15 is 0 Å². The van der Waals surface area contributed by atoms with Gasteiger partial charge in [0.2, 0.25) is 10.0 Å². The number of rotatable bonds is 5. The Morgan fingerprint density at radius 3 is 2.44 bits per heavy atom. The van der Waals surface area contributed by atoms with E-state index in [0.717, 1.165) is 36.2 Å². The van der Waals surface area contributed by atoms with E-state index in [9.17, 15) is 18.0 Å². The molecule has 2 aliphatic rings. The van der Waals surface area contributed by atoms with Crippen molar-refractivity contribution < 1.29 is 22.7 Å². The summed E-state index contributed by atoms with van der Waals surface area (Å²) in [7, 11) is -3.61. The van der Waals surface area contributed by atoms with Crippen LogP contribution in [0.3, 0.4) is 0 Å². The lowest BCUT2D eigenvalue weighted by Crippen LogP contribution is -2.48. The molecule has 2 N–H and O–H groups in total. The Morgan fingerprint density at radius 1 is 1.00 bits per heavy atom. The smallest absolute Gasteiger partial charge is 0.267 e. The highest BCUT2D eigenvalue weighted by Crippen LogP contribution is 2.35. The van der Waals surface area contributed by atoms with Crippen LogP contribution >= 0.6 is 0 Å². The second-order valence-electron chi connectivity index (χ2n) is 8.21. The molecule has 0 radical (unpaired) electrons. The fourth-order valence-corrected chi connectivity index (χ4v) is 5.08. The molecule has 1 aliphatic heterocycles. The molecule has 2 aromatic rings. The monoisotopic (exact) mass is 457 g/mol. The van der Waals surface area contributed by atoms with Gasteiger partial charge in [0.05, 0.1) is 29.7 Å². The summed E-state index contributed by atoms with van der Waals surface area (Å²) < 4.78 is 31.5. The van der Waals surface area contributed by atoms with Gasteiger partial charge in [0, 0.05) is 6.04 Å². The van der Waals surface area contributed by atoms with Gasteiger partial charge in [-0.2, -0.15) is 0 Å². The molecule has 1 fully saturated rings. The Kier molecular flexibility index (Phi) is 6.36. The number of fused-ring (bicyclic) bond motifs is 1. The number of nitrogens with one attached hydrogen (secondary N) is 2. The number of hydrogen-bond donors (Lipinski definition) is 2. The van der Waals surface area contributed by atoms with E-state index < -0.39 is 22.0 Å². The third kappa shape index (κ3) is 4.88. The van der Waals surface area contributed by atoms with Crippen LogP contribution in [0.25, 0.3) is 0 Å². The maximum Gasteiger partial charge on any atom is 0.267 e. The second-order valence-corrected chi connectivity index (χ2v) is 10.1. The number of hydrogen-bond acceptors (Lipinski definition) is 5. The molecule has 0 unspecified atom stereocenters. The van der Waals surface area contributed by atoms with Crippen LogP contribution in [0.4, 0.5) is 11.4 Å². The minimum Gasteiger partial charge on any atom is -0.476 e. The molecule has 170 valence electrons. The zero-order valence-electron chi connectivity index (χ0n) is 17.9. The summed E-state index contributed by atoms with van der Waals surface area (Å²) in [4.78, 5) is 25.9. The summed E-state index contributed by atoms with van der Waals surface area (Å²) in [5, 5.41) is 5.81. The fourth-order valence-electron chi connectivity index (χ4n) is 4.17. The molecule has 0 bridgehead atoms. The highest BCUT2D eigenvalue weighted by Gasteiger charge is 2.35. The zero-order valence-corrected chi connectivity index (χ0v) is 18.7. The van der Waals surface area contributed by atoms with Gasteiger partial charge in [-0.15, -0.1) is 0 Å². The number of amides is 2. The van der Waals surface area contributed by atoms with Crippen LogP contribution in [-0.2, 0) is 14.8 Å². The van der Waals surface area contributed by atoms with Crippen molar-refractivity contribution in [3.63, 3.8) is 0 Å².